The van der Waals surface area contributed by atoms with Crippen molar-refractivity contribution in [3.63, 3.8) is 0 Å². The Morgan fingerprint density at radius 1 is 1.57 bits per heavy atom. The standard InChI is InChI=1S/C17H20N2O2S2/c1-2-22-14-9-10-17(14,21)11-18-15(20)7-8-16-19-12-5-3-4-6-13(12)23-16/h3-8,14,21H,2,9-11H2,1H3,(H,18,20)/b8-7+/t14-,17+/m1/s1. The topological polar surface area (TPSA) is 62.2 Å². The van der Waals surface area contributed by atoms with Crippen molar-refractivity contribution >= 4 is 45.3 Å². The molecule has 23 heavy (non-hydrogen) atoms. The molecule has 2 N–H and O–H groups in total. The van der Waals surface area contributed by atoms with E-state index in [9.17, 15) is 9.90 Å². The number of aliphatic hydroxyl groups is 1. The highest BCUT2D eigenvalue weighted by Crippen LogP contribution is 2.40. The van der Waals surface area contributed by atoms with Crippen LogP contribution in [0.5, 0.6) is 0 Å². The molecule has 2 atom stereocenters. The lowest BCUT2D eigenvalue weighted by Crippen LogP contribution is -2.56. The zero-order valence-corrected chi connectivity index (χ0v) is 14.6. The maximum absolute atomic E-state index is 11.9. The summed E-state index contributed by atoms with van der Waals surface area (Å²) in [5, 5.41) is 14.3. The summed E-state index contributed by atoms with van der Waals surface area (Å²) in [6.45, 7) is 2.40. The number of rotatable bonds is 6. The number of thiazole rings is 1. The molecule has 1 aromatic heterocycles. The minimum absolute atomic E-state index is 0.190. The van der Waals surface area contributed by atoms with Crippen LogP contribution in [0.25, 0.3) is 16.3 Å². The van der Waals surface area contributed by atoms with Gasteiger partial charge in [0.15, 0.2) is 0 Å². The molecule has 0 saturated heterocycles. The summed E-state index contributed by atoms with van der Waals surface area (Å²) >= 11 is 3.32. The monoisotopic (exact) mass is 348 g/mol. The van der Waals surface area contributed by atoms with Gasteiger partial charge in [0.05, 0.1) is 15.8 Å². The fourth-order valence-corrected chi connectivity index (χ4v) is 4.71. The van der Waals surface area contributed by atoms with Gasteiger partial charge < -0.3 is 10.4 Å². The molecular formula is C17H20N2O2S2. The van der Waals surface area contributed by atoms with Crippen LogP contribution in [0, 0.1) is 0 Å². The van der Waals surface area contributed by atoms with Crippen LogP contribution < -0.4 is 5.32 Å². The third kappa shape index (κ3) is 3.76. The Hall–Kier alpha value is -1.37. The minimum Gasteiger partial charge on any atom is -0.387 e. The van der Waals surface area contributed by atoms with Crippen molar-refractivity contribution in [3.8, 4) is 0 Å². The van der Waals surface area contributed by atoms with E-state index in [0.717, 1.165) is 33.8 Å². The van der Waals surface area contributed by atoms with Crippen LogP contribution in [0.2, 0.25) is 0 Å². The van der Waals surface area contributed by atoms with Crippen LogP contribution in [0.1, 0.15) is 24.8 Å². The lowest BCUT2D eigenvalue weighted by atomic mass is 9.79. The number of nitrogens with zero attached hydrogens (tertiary/aromatic N) is 1. The zero-order chi connectivity index (χ0) is 16.3. The van der Waals surface area contributed by atoms with E-state index in [4.69, 9.17) is 0 Å². The smallest absolute Gasteiger partial charge is 0.244 e. The molecule has 1 heterocycles. The van der Waals surface area contributed by atoms with Crippen molar-refractivity contribution in [2.75, 3.05) is 12.3 Å². The first-order valence-corrected chi connectivity index (χ1v) is 9.63. The molecule has 0 spiro atoms. The Balaban J connectivity index is 1.55. The largest absolute Gasteiger partial charge is 0.387 e. The Morgan fingerprint density at radius 2 is 2.39 bits per heavy atom. The Labute approximate surface area is 144 Å². The molecular weight excluding hydrogens is 328 g/mol. The first-order valence-electron chi connectivity index (χ1n) is 7.76. The molecule has 0 radical (unpaired) electrons. The molecule has 1 saturated carbocycles. The van der Waals surface area contributed by atoms with Crippen molar-refractivity contribution in [1.29, 1.82) is 0 Å². The van der Waals surface area contributed by atoms with Crippen LogP contribution in [0.3, 0.4) is 0 Å². The molecule has 1 aliphatic carbocycles. The van der Waals surface area contributed by atoms with Gasteiger partial charge >= 0.3 is 0 Å². The lowest BCUT2D eigenvalue weighted by molar-refractivity contribution is -0.118. The van der Waals surface area contributed by atoms with E-state index >= 15 is 0 Å². The Kier molecular flexibility index (Phi) is 5.04. The average Bonchev–Trinajstić information content (AvgIpc) is 2.97. The number of nitrogens with one attached hydrogen (secondary N) is 1. The van der Waals surface area contributed by atoms with E-state index in [1.165, 1.54) is 6.08 Å². The fraction of sp³-hybridized carbons (Fsp3) is 0.412. The predicted molar refractivity (Wildman–Crippen MR) is 97.8 cm³/mol. The molecule has 6 heteroatoms. The van der Waals surface area contributed by atoms with Gasteiger partial charge in [-0.25, -0.2) is 4.98 Å². The zero-order valence-electron chi connectivity index (χ0n) is 13.0. The van der Waals surface area contributed by atoms with Crippen LogP contribution in [-0.2, 0) is 4.79 Å². The molecule has 1 aliphatic rings. The van der Waals surface area contributed by atoms with Crippen molar-refractivity contribution in [2.45, 2.75) is 30.6 Å². The molecule has 122 valence electrons. The van der Waals surface area contributed by atoms with Crippen LogP contribution in [0.15, 0.2) is 30.3 Å². The third-order valence-corrected chi connectivity index (χ3v) is 6.47. The average molecular weight is 348 g/mol. The number of thioether (sulfide) groups is 1. The number of carbonyl (C=O) groups excluding carboxylic acids is 1. The summed E-state index contributed by atoms with van der Waals surface area (Å²) in [5.41, 5.74) is 0.195. The predicted octanol–water partition coefficient (Wildman–Crippen LogP) is 3.07. The quantitative estimate of drug-likeness (QED) is 0.788. The second kappa shape index (κ2) is 7.03. The molecule has 3 rings (SSSR count). The summed E-state index contributed by atoms with van der Waals surface area (Å²) < 4.78 is 1.11. The van der Waals surface area contributed by atoms with Gasteiger partial charge in [0, 0.05) is 17.9 Å². The lowest BCUT2D eigenvalue weighted by Gasteiger charge is -2.44. The van der Waals surface area contributed by atoms with Gasteiger partial charge in [-0.2, -0.15) is 11.8 Å². The van der Waals surface area contributed by atoms with E-state index in [2.05, 4.69) is 17.2 Å². The maximum Gasteiger partial charge on any atom is 0.244 e. The Morgan fingerprint density at radius 3 is 3.09 bits per heavy atom. The number of benzene rings is 1. The molecule has 2 aromatic rings. The Bertz CT molecular complexity index is 695. The van der Waals surface area contributed by atoms with Gasteiger partial charge in [-0.15, -0.1) is 11.3 Å². The molecule has 1 amide bonds. The highest BCUT2D eigenvalue weighted by molar-refractivity contribution is 8.00. The van der Waals surface area contributed by atoms with Gasteiger partial charge in [-0.1, -0.05) is 19.1 Å². The van der Waals surface area contributed by atoms with Crippen LogP contribution in [0.4, 0.5) is 0 Å². The highest BCUT2D eigenvalue weighted by atomic mass is 32.2. The molecule has 0 bridgehead atoms. The fourth-order valence-electron chi connectivity index (χ4n) is 2.64. The normalized spacial score (nSPS) is 24.0. The molecule has 1 aromatic carbocycles. The number of carbonyl (C=O) groups is 1. The summed E-state index contributed by atoms with van der Waals surface area (Å²) in [7, 11) is 0. The number of amides is 1. The van der Waals surface area contributed by atoms with Crippen molar-refractivity contribution in [1.82, 2.24) is 10.3 Å². The van der Waals surface area contributed by atoms with Gasteiger partial charge in [0.1, 0.15) is 5.01 Å². The number of hydrogen-bond acceptors (Lipinski definition) is 5. The SMILES string of the molecule is CCS[C@@H]1CC[C@]1(O)CNC(=O)/C=C/c1nc2ccccc2s1. The molecule has 0 unspecified atom stereocenters. The summed E-state index contributed by atoms with van der Waals surface area (Å²) in [6, 6.07) is 7.90. The molecule has 1 fully saturated rings. The van der Waals surface area contributed by atoms with Crippen molar-refractivity contribution in [2.24, 2.45) is 0 Å². The van der Waals surface area contributed by atoms with Gasteiger partial charge in [-0.3, -0.25) is 4.79 Å². The van der Waals surface area contributed by atoms with E-state index in [1.807, 2.05) is 24.3 Å². The molecule has 0 aliphatic heterocycles. The van der Waals surface area contributed by atoms with Gasteiger partial charge in [0.2, 0.25) is 5.91 Å². The first kappa shape index (κ1) is 16.5. The second-order valence-electron chi connectivity index (χ2n) is 5.66. The third-order valence-electron chi connectivity index (χ3n) is 4.06. The van der Waals surface area contributed by atoms with E-state index < -0.39 is 5.60 Å². The maximum atomic E-state index is 11.9. The van der Waals surface area contributed by atoms with Crippen LogP contribution >= 0.6 is 23.1 Å². The highest BCUT2D eigenvalue weighted by Gasteiger charge is 2.45. The van der Waals surface area contributed by atoms with E-state index in [-0.39, 0.29) is 11.2 Å². The first-order chi connectivity index (χ1) is 11.1. The summed E-state index contributed by atoms with van der Waals surface area (Å²) in [5.74, 6) is 0.795. The van der Waals surface area contributed by atoms with Gasteiger partial charge in [0.25, 0.3) is 0 Å². The van der Waals surface area contributed by atoms with Crippen LogP contribution in [-0.4, -0.2) is 39.1 Å². The molecule has 4 nitrogen and oxygen atoms in total. The second-order valence-corrected chi connectivity index (χ2v) is 8.20. The number of aromatic nitrogens is 1. The van der Waals surface area contributed by atoms with Crippen molar-refractivity contribution in [3.05, 3.63) is 35.3 Å². The summed E-state index contributed by atoms with van der Waals surface area (Å²) in [6.07, 6.45) is 4.99. The number of hydrogen-bond donors (Lipinski definition) is 2. The summed E-state index contributed by atoms with van der Waals surface area (Å²) in [4.78, 5) is 16.4. The van der Waals surface area contributed by atoms with E-state index in [0.29, 0.717) is 6.54 Å². The minimum atomic E-state index is -0.750. The number of para-hydroxylation sites is 1. The number of fused-ring (bicyclic) bond motifs is 1. The van der Waals surface area contributed by atoms with E-state index in [1.54, 1.807) is 29.2 Å². The van der Waals surface area contributed by atoms with Gasteiger partial charge in [-0.05, 0) is 36.8 Å². The van der Waals surface area contributed by atoms with Crippen molar-refractivity contribution < 1.29 is 9.90 Å².